The van der Waals surface area contributed by atoms with Gasteiger partial charge in [-0.2, -0.15) is 0 Å². The summed E-state index contributed by atoms with van der Waals surface area (Å²) < 4.78 is 0. The molecule has 1 nitrogen and oxygen atoms in total. The van der Waals surface area contributed by atoms with Crippen LogP contribution in [0.3, 0.4) is 0 Å². The Bertz CT molecular complexity index is 469. The van der Waals surface area contributed by atoms with E-state index in [0.29, 0.717) is 5.92 Å². The maximum absolute atomic E-state index is 10.7. The largest absolute Gasteiger partial charge is 0.237 e. The molecule has 1 fully saturated rings. The van der Waals surface area contributed by atoms with Crippen LogP contribution in [0.5, 0.6) is 0 Å². The highest BCUT2D eigenvalue weighted by Gasteiger charge is 2.20. The highest BCUT2D eigenvalue weighted by atomic mass is 16.2. The first-order chi connectivity index (χ1) is 13.2. The molecule has 2 rings (SSSR count). The molecule has 1 atom stereocenters. The van der Waals surface area contributed by atoms with E-state index >= 15 is 0 Å². The maximum atomic E-state index is 10.7. The Balaban J connectivity index is 1.61. The van der Waals surface area contributed by atoms with Crippen LogP contribution < -0.4 is 0 Å². The van der Waals surface area contributed by atoms with E-state index in [0.717, 1.165) is 24.7 Å². The van der Waals surface area contributed by atoms with Gasteiger partial charge in [-0.15, -0.1) is 0 Å². The summed E-state index contributed by atoms with van der Waals surface area (Å²) in [4.78, 5) is 0. The van der Waals surface area contributed by atoms with Crippen LogP contribution in [-0.4, -0.2) is 6.61 Å². The number of aryl methyl sites for hydroxylation is 1. The first-order valence-electron chi connectivity index (χ1n) is 11.9. The van der Waals surface area contributed by atoms with Gasteiger partial charge in [0.2, 0.25) is 0 Å². The van der Waals surface area contributed by atoms with Gasteiger partial charge in [-0.05, 0) is 54.6 Å². The molecule has 1 heteroatoms. The van der Waals surface area contributed by atoms with Crippen molar-refractivity contribution >= 4 is 0 Å². The van der Waals surface area contributed by atoms with Gasteiger partial charge in [-0.1, -0.05) is 102 Å². The molecule has 0 amide bonds. The summed E-state index contributed by atoms with van der Waals surface area (Å²) in [6.07, 6.45) is 18.9. The smallest absolute Gasteiger partial charge is 0.0822 e. The van der Waals surface area contributed by atoms with Crippen molar-refractivity contribution in [3.8, 4) is 0 Å². The molecule has 1 aromatic rings. The van der Waals surface area contributed by atoms with Crippen LogP contribution in [0.4, 0.5) is 0 Å². The van der Waals surface area contributed by atoms with Gasteiger partial charge in [0.05, 0.1) is 6.61 Å². The second-order valence-corrected chi connectivity index (χ2v) is 9.12. The van der Waals surface area contributed by atoms with E-state index in [9.17, 15) is 5.11 Å². The Morgan fingerprint density at radius 2 is 1.48 bits per heavy atom. The van der Waals surface area contributed by atoms with Crippen molar-refractivity contribution in [3.63, 3.8) is 0 Å². The molecule has 0 spiro atoms. The van der Waals surface area contributed by atoms with Crippen molar-refractivity contribution in [1.29, 1.82) is 0 Å². The number of benzene rings is 1. The Morgan fingerprint density at radius 1 is 0.852 bits per heavy atom. The van der Waals surface area contributed by atoms with Gasteiger partial charge in [-0.3, -0.25) is 0 Å². The summed E-state index contributed by atoms with van der Waals surface area (Å²) in [5.41, 5.74) is 2.89. The minimum Gasteiger partial charge on any atom is -0.237 e. The third-order valence-electron chi connectivity index (χ3n) is 6.85. The summed E-state index contributed by atoms with van der Waals surface area (Å²) >= 11 is 0. The van der Waals surface area contributed by atoms with E-state index in [1.165, 1.54) is 88.2 Å². The molecule has 0 heterocycles. The number of rotatable bonds is 13. The van der Waals surface area contributed by atoms with Gasteiger partial charge in [0.1, 0.15) is 0 Å². The molecule has 153 valence electrons. The first-order valence-corrected chi connectivity index (χ1v) is 11.9. The predicted octanol–water partition coefficient (Wildman–Crippen LogP) is 8.10. The fourth-order valence-corrected chi connectivity index (χ4v) is 4.79. The molecule has 0 aliphatic heterocycles. The van der Waals surface area contributed by atoms with Gasteiger partial charge in [0.15, 0.2) is 0 Å². The minimum absolute atomic E-state index is 0.0591. The van der Waals surface area contributed by atoms with Gasteiger partial charge in [0, 0.05) is 0 Å². The van der Waals surface area contributed by atoms with Crippen molar-refractivity contribution in [2.24, 2.45) is 11.8 Å². The topological polar surface area (TPSA) is 19.9 Å². The molecule has 27 heavy (non-hydrogen) atoms. The Labute approximate surface area is 169 Å². The zero-order chi connectivity index (χ0) is 19.3. The molecule has 1 unspecified atom stereocenters. The molecule has 0 saturated heterocycles. The van der Waals surface area contributed by atoms with Crippen molar-refractivity contribution in [3.05, 3.63) is 35.4 Å². The van der Waals surface area contributed by atoms with Crippen molar-refractivity contribution in [1.82, 2.24) is 0 Å². The molecule has 1 aliphatic carbocycles. The molecule has 0 N–H and O–H groups in total. The first kappa shape index (κ1) is 22.5. The fraction of sp³-hybridized carbons (Fsp3) is 0.769. The van der Waals surface area contributed by atoms with E-state index in [1.54, 1.807) is 0 Å². The van der Waals surface area contributed by atoms with Gasteiger partial charge in [-0.25, -0.2) is 5.11 Å². The second kappa shape index (κ2) is 13.4. The molecule has 0 aromatic heterocycles. The molecule has 1 aromatic carbocycles. The Morgan fingerprint density at radius 3 is 2.11 bits per heavy atom. The third-order valence-corrected chi connectivity index (χ3v) is 6.85. The monoisotopic (exact) mass is 371 g/mol. The summed E-state index contributed by atoms with van der Waals surface area (Å²) in [5, 5.41) is 10.7. The second-order valence-electron chi connectivity index (χ2n) is 9.12. The summed E-state index contributed by atoms with van der Waals surface area (Å²) in [6.45, 7) is 4.60. The van der Waals surface area contributed by atoms with E-state index in [2.05, 4.69) is 38.1 Å². The fourth-order valence-electron chi connectivity index (χ4n) is 4.79. The van der Waals surface area contributed by atoms with E-state index < -0.39 is 0 Å². The van der Waals surface area contributed by atoms with Gasteiger partial charge in [0.25, 0.3) is 0 Å². The lowest BCUT2D eigenvalue weighted by Gasteiger charge is -2.28. The van der Waals surface area contributed by atoms with Crippen LogP contribution in [-0.2, 0) is 11.5 Å². The normalized spacial score (nSPS) is 21.3. The highest BCUT2D eigenvalue weighted by Crippen LogP contribution is 2.34. The zero-order valence-corrected chi connectivity index (χ0v) is 18.1. The van der Waals surface area contributed by atoms with Gasteiger partial charge >= 0.3 is 0 Å². The summed E-state index contributed by atoms with van der Waals surface area (Å²) in [6, 6.07) is 9.23. The number of hydrogen-bond donors (Lipinski definition) is 0. The lowest BCUT2D eigenvalue weighted by Crippen LogP contribution is -2.15. The molecule has 0 bridgehead atoms. The van der Waals surface area contributed by atoms with Crippen LogP contribution in [0.2, 0.25) is 0 Å². The highest BCUT2D eigenvalue weighted by molar-refractivity contribution is 5.25. The van der Waals surface area contributed by atoms with Crippen LogP contribution in [0.1, 0.15) is 114 Å². The lowest BCUT2D eigenvalue weighted by atomic mass is 9.77. The van der Waals surface area contributed by atoms with Crippen LogP contribution in [0, 0.1) is 11.8 Å². The maximum Gasteiger partial charge on any atom is 0.0822 e. The zero-order valence-electron chi connectivity index (χ0n) is 18.1. The quantitative estimate of drug-likeness (QED) is 0.312. The Kier molecular flexibility index (Phi) is 11.1. The molecule has 1 aliphatic rings. The van der Waals surface area contributed by atoms with E-state index in [4.69, 9.17) is 0 Å². The van der Waals surface area contributed by atoms with Crippen molar-refractivity contribution in [2.45, 2.75) is 110 Å². The summed E-state index contributed by atoms with van der Waals surface area (Å²) in [5.74, 6) is 2.50. The summed E-state index contributed by atoms with van der Waals surface area (Å²) in [7, 11) is 0. The number of hydrogen-bond acceptors (Lipinski definition) is 0. The van der Waals surface area contributed by atoms with Crippen LogP contribution >= 0.6 is 0 Å². The molecular formula is C26H43O. The van der Waals surface area contributed by atoms with E-state index in [-0.39, 0.29) is 6.61 Å². The van der Waals surface area contributed by atoms with Crippen LogP contribution in [0.15, 0.2) is 24.3 Å². The van der Waals surface area contributed by atoms with Gasteiger partial charge < -0.3 is 0 Å². The SMILES string of the molecule is CCCCCCC[C@H]1CC[C@H](CCc2ccc(C(C)CCC[O])cc2)CC1. The molecule has 1 radical (unpaired) electrons. The Hall–Kier alpha value is -0.820. The van der Waals surface area contributed by atoms with Crippen molar-refractivity contribution < 1.29 is 5.11 Å². The minimum atomic E-state index is 0.0591. The average Bonchev–Trinajstić information content (AvgIpc) is 2.71. The van der Waals surface area contributed by atoms with Crippen LogP contribution in [0.25, 0.3) is 0 Å². The number of unbranched alkanes of at least 4 members (excludes halogenated alkanes) is 4. The standard InChI is InChI=1S/C26H43O/c1-3-4-5-6-7-10-23-11-13-24(14-12-23)15-16-25-17-19-26(20-18-25)22(2)9-8-21-27/h17-20,22-24H,3-16,21H2,1-2H3/t22?,23-,24-. The van der Waals surface area contributed by atoms with E-state index in [1.807, 2.05) is 0 Å². The molecular weight excluding hydrogens is 328 g/mol. The third kappa shape index (κ3) is 8.81. The predicted molar refractivity (Wildman–Crippen MR) is 117 cm³/mol. The molecule has 1 saturated carbocycles. The van der Waals surface area contributed by atoms with Crippen molar-refractivity contribution in [2.75, 3.05) is 6.61 Å². The lowest BCUT2D eigenvalue weighted by molar-refractivity contribution is 0.185. The average molecular weight is 372 g/mol.